The summed E-state index contributed by atoms with van der Waals surface area (Å²) >= 11 is 0. The van der Waals surface area contributed by atoms with Gasteiger partial charge in [-0.3, -0.25) is 4.79 Å². The second kappa shape index (κ2) is 21.5. The van der Waals surface area contributed by atoms with Gasteiger partial charge in [0.25, 0.3) is 0 Å². The van der Waals surface area contributed by atoms with Crippen LogP contribution in [0.25, 0.3) is 0 Å². The molecular formula is C43H48N2O11. The van der Waals surface area contributed by atoms with Crippen LogP contribution in [0.5, 0.6) is 17.2 Å². The lowest BCUT2D eigenvalue weighted by molar-refractivity contribution is -0.145. The number of esters is 3. The van der Waals surface area contributed by atoms with E-state index in [1.807, 2.05) is 36.4 Å². The first kappa shape index (κ1) is 42.4. The van der Waals surface area contributed by atoms with Crippen molar-refractivity contribution in [1.82, 2.24) is 10.6 Å². The fourth-order valence-corrected chi connectivity index (χ4v) is 5.20. The number of rotatable bonds is 18. The fraction of sp³-hybridized carbons (Fsp3) is 0.326. The van der Waals surface area contributed by atoms with Crippen LogP contribution in [0.3, 0.4) is 0 Å². The molecule has 0 aromatic heterocycles. The Morgan fingerprint density at radius 2 is 0.982 bits per heavy atom. The predicted molar refractivity (Wildman–Crippen MR) is 206 cm³/mol. The minimum absolute atomic E-state index is 0.00343. The fourth-order valence-electron chi connectivity index (χ4n) is 5.20. The highest BCUT2D eigenvalue weighted by Crippen LogP contribution is 2.31. The van der Waals surface area contributed by atoms with Gasteiger partial charge in [0.15, 0.2) is 11.5 Å². The quantitative estimate of drug-likeness (QED) is 0.0604. The number of carbonyl (C=O) groups excluding carboxylic acids is 5. The molecule has 2 amide bonds. The van der Waals surface area contributed by atoms with E-state index in [0.717, 1.165) is 16.7 Å². The summed E-state index contributed by atoms with van der Waals surface area (Å²) < 4.78 is 32.7. The number of benzene rings is 4. The minimum atomic E-state index is -1.15. The number of methoxy groups -OCH3 is 1. The van der Waals surface area contributed by atoms with Gasteiger partial charge in [-0.15, -0.1) is 0 Å². The topological polar surface area (TPSA) is 165 Å². The summed E-state index contributed by atoms with van der Waals surface area (Å²) in [5.41, 5.74) is 2.88. The second-order valence-electron chi connectivity index (χ2n) is 13.5. The lowest BCUT2D eigenvalue weighted by Gasteiger charge is -2.23. The van der Waals surface area contributed by atoms with Gasteiger partial charge in [0.1, 0.15) is 37.7 Å². The van der Waals surface area contributed by atoms with E-state index in [-0.39, 0.29) is 44.2 Å². The van der Waals surface area contributed by atoms with Gasteiger partial charge in [0.2, 0.25) is 0 Å². The first-order valence-corrected chi connectivity index (χ1v) is 18.2. The molecule has 0 saturated carbocycles. The number of hydrogen-bond donors (Lipinski definition) is 2. The highest BCUT2D eigenvalue weighted by molar-refractivity contribution is 5.86. The monoisotopic (exact) mass is 768 g/mol. The number of carbonyl (C=O) groups is 5. The molecule has 0 radical (unpaired) electrons. The van der Waals surface area contributed by atoms with Crippen molar-refractivity contribution >= 4 is 30.1 Å². The molecule has 0 aliphatic rings. The molecule has 4 aromatic rings. The van der Waals surface area contributed by atoms with E-state index in [2.05, 4.69) is 10.6 Å². The van der Waals surface area contributed by atoms with Crippen LogP contribution in [-0.2, 0) is 54.8 Å². The van der Waals surface area contributed by atoms with E-state index in [9.17, 15) is 24.0 Å². The highest BCUT2D eigenvalue weighted by atomic mass is 16.6. The average molecular weight is 769 g/mol. The van der Waals surface area contributed by atoms with E-state index in [1.54, 1.807) is 89.4 Å². The standard InChI is InChI=1S/C43H48N2O11/c1-28(2)38(44-42(49)53-26-31-12-8-6-9-13-31)40(47)55-35-22-18-30(19-23-37(46)52-25-33-16-20-34(51-5)21-17-33)24-36(35)56-41(48)39(29(3)4)45-43(50)54-27-32-14-10-7-11-15-32/h6-18,20-22,24,28-29,38-39H,19,23,25-27H2,1-5H3,(H,44,49)(H,45,50)/t38-,39-/m0/s1. The van der Waals surface area contributed by atoms with Gasteiger partial charge in [-0.1, -0.05) is 107 Å². The summed E-state index contributed by atoms with van der Waals surface area (Å²) in [4.78, 5) is 65.2. The van der Waals surface area contributed by atoms with Gasteiger partial charge in [0.05, 0.1) is 7.11 Å². The van der Waals surface area contributed by atoms with Crippen molar-refractivity contribution in [1.29, 1.82) is 0 Å². The van der Waals surface area contributed by atoms with Crippen LogP contribution in [0.1, 0.15) is 56.4 Å². The highest BCUT2D eigenvalue weighted by Gasteiger charge is 2.31. The summed E-state index contributed by atoms with van der Waals surface area (Å²) in [6.45, 7) is 6.93. The molecule has 0 unspecified atom stereocenters. The van der Waals surface area contributed by atoms with E-state index >= 15 is 0 Å². The molecule has 13 nitrogen and oxygen atoms in total. The number of alkyl carbamates (subject to hydrolysis) is 2. The Bertz CT molecular complexity index is 1900. The normalized spacial score (nSPS) is 11.8. The van der Waals surface area contributed by atoms with Crippen LogP contribution in [0.2, 0.25) is 0 Å². The Morgan fingerprint density at radius 1 is 0.536 bits per heavy atom. The summed E-state index contributed by atoms with van der Waals surface area (Å²) in [6.07, 6.45) is -1.46. The maximum Gasteiger partial charge on any atom is 0.408 e. The van der Waals surface area contributed by atoms with Crippen molar-refractivity contribution in [2.45, 2.75) is 72.4 Å². The van der Waals surface area contributed by atoms with E-state index in [0.29, 0.717) is 11.3 Å². The maximum absolute atomic E-state index is 13.6. The second-order valence-corrected chi connectivity index (χ2v) is 13.5. The molecule has 296 valence electrons. The summed E-state index contributed by atoms with van der Waals surface area (Å²) in [7, 11) is 1.56. The summed E-state index contributed by atoms with van der Waals surface area (Å²) in [5, 5.41) is 5.12. The molecule has 0 aliphatic carbocycles. The van der Waals surface area contributed by atoms with Gasteiger partial charge < -0.3 is 39.1 Å². The molecule has 0 heterocycles. The van der Waals surface area contributed by atoms with Gasteiger partial charge in [-0.25, -0.2) is 19.2 Å². The Kier molecular flexibility index (Phi) is 16.3. The maximum atomic E-state index is 13.6. The molecule has 0 bridgehead atoms. The van der Waals surface area contributed by atoms with E-state index < -0.39 is 54.0 Å². The summed E-state index contributed by atoms with van der Waals surface area (Å²) in [6, 6.07) is 27.5. The summed E-state index contributed by atoms with van der Waals surface area (Å²) in [5.74, 6) is -2.60. The minimum Gasteiger partial charge on any atom is -0.497 e. The van der Waals surface area contributed by atoms with Crippen LogP contribution in [0, 0.1) is 11.8 Å². The Morgan fingerprint density at radius 3 is 1.46 bits per heavy atom. The molecule has 0 aliphatic heterocycles. The number of aryl methyl sites for hydroxylation is 1. The molecule has 4 rings (SSSR count). The molecule has 4 aromatic carbocycles. The Labute approximate surface area is 326 Å². The number of nitrogens with one attached hydrogen (secondary N) is 2. The Hall–Kier alpha value is -6.37. The zero-order valence-corrected chi connectivity index (χ0v) is 32.2. The molecule has 2 N–H and O–H groups in total. The van der Waals surface area contributed by atoms with Crippen molar-refractivity contribution in [2.75, 3.05) is 7.11 Å². The third kappa shape index (κ3) is 13.8. The van der Waals surface area contributed by atoms with Crippen molar-refractivity contribution in [2.24, 2.45) is 11.8 Å². The van der Waals surface area contributed by atoms with Crippen LogP contribution in [-0.4, -0.2) is 49.3 Å². The first-order chi connectivity index (χ1) is 26.9. The van der Waals surface area contributed by atoms with Crippen LogP contribution in [0.15, 0.2) is 103 Å². The lowest BCUT2D eigenvalue weighted by Crippen LogP contribution is -2.47. The predicted octanol–water partition coefficient (Wildman–Crippen LogP) is 7.08. The molecule has 0 fully saturated rings. The van der Waals surface area contributed by atoms with Gasteiger partial charge in [-0.05, 0) is 64.8 Å². The number of ether oxygens (including phenoxy) is 6. The number of hydrogen-bond acceptors (Lipinski definition) is 11. The third-order valence-electron chi connectivity index (χ3n) is 8.42. The molecule has 0 spiro atoms. The van der Waals surface area contributed by atoms with Crippen molar-refractivity contribution in [3.05, 3.63) is 125 Å². The van der Waals surface area contributed by atoms with Crippen LogP contribution < -0.4 is 24.8 Å². The molecule has 56 heavy (non-hydrogen) atoms. The van der Waals surface area contributed by atoms with Crippen LogP contribution in [0.4, 0.5) is 9.59 Å². The van der Waals surface area contributed by atoms with E-state index in [1.165, 1.54) is 12.1 Å². The molecular weight excluding hydrogens is 720 g/mol. The SMILES string of the molecule is COc1ccc(COC(=O)CCc2ccc(OC(=O)[C@@H](NC(=O)OCc3ccccc3)C(C)C)c(OC(=O)[C@@H](NC(=O)OCc3ccccc3)C(C)C)c2)cc1. The zero-order valence-electron chi connectivity index (χ0n) is 32.2. The first-order valence-electron chi connectivity index (χ1n) is 18.2. The smallest absolute Gasteiger partial charge is 0.408 e. The average Bonchev–Trinajstić information content (AvgIpc) is 3.20. The largest absolute Gasteiger partial charge is 0.497 e. The van der Waals surface area contributed by atoms with Crippen molar-refractivity contribution in [3.63, 3.8) is 0 Å². The zero-order chi connectivity index (χ0) is 40.5. The van der Waals surface area contributed by atoms with Gasteiger partial charge in [0, 0.05) is 6.42 Å². The van der Waals surface area contributed by atoms with Crippen LogP contribution >= 0.6 is 0 Å². The molecule has 2 atom stereocenters. The van der Waals surface area contributed by atoms with Gasteiger partial charge >= 0.3 is 30.1 Å². The molecule has 0 saturated heterocycles. The number of amides is 2. The Balaban J connectivity index is 1.47. The third-order valence-corrected chi connectivity index (χ3v) is 8.42. The van der Waals surface area contributed by atoms with Crippen molar-refractivity contribution < 1.29 is 52.4 Å². The van der Waals surface area contributed by atoms with Crippen molar-refractivity contribution in [3.8, 4) is 17.2 Å². The van der Waals surface area contributed by atoms with Gasteiger partial charge in [-0.2, -0.15) is 0 Å². The molecule has 13 heteroatoms. The lowest BCUT2D eigenvalue weighted by atomic mass is 10.0. The van der Waals surface area contributed by atoms with E-state index in [4.69, 9.17) is 28.4 Å².